The number of carbonyl (C=O) groups excluding carboxylic acids is 1. The molecule has 4 heteroatoms. The molecule has 2 aromatic rings. The summed E-state index contributed by atoms with van der Waals surface area (Å²) in [6.45, 7) is 1.19. The third kappa shape index (κ3) is 2.72. The smallest absolute Gasteiger partial charge is 0.253 e. The predicted octanol–water partition coefficient (Wildman–Crippen LogP) is 2.46. The van der Waals surface area contributed by atoms with Crippen LogP contribution in [0.4, 0.5) is 0 Å². The van der Waals surface area contributed by atoms with Crippen LogP contribution in [0.15, 0.2) is 42.5 Å². The number of carbonyl (C=O) groups is 1. The Labute approximate surface area is 142 Å². The lowest BCUT2D eigenvalue weighted by molar-refractivity contribution is 0.0371. The van der Waals surface area contributed by atoms with Crippen molar-refractivity contribution in [2.45, 2.75) is 31.6 Å². The first kappa shape index (κ1) is 15.4. The van der Waals surface area contributed by atoms with Crippen molar-refractivity contribution in [3.05, 3.63) is 70.3 Å². The van der Waals surface area contributed by atoms with E-state index in [1.54, 1.807) is 4.90 Å². The summed E-state index contributed by atoms with van der Waals surface area (Å²) >= 11 is 0. The number of amides is 1. The van der Waals surface area contributed by atoms with E-state index >= 15 is 0 Å². The van der Waals surface area contributed by atoms with Gasteiger partial charge in [-0.25, -0.2) is 0 Å². The summed E-state index contributed by atoms with van der Waals surface area (Å²) in [5.41, 5.74) is 11.6. The maximum Gasteiger partial charge on any atom is 0.253 e. The third-order valence-corrected chi connectivity index (χ3v) is 5.05. The van der Waals surface area contributed by atoms with Crippen LogP contribution in [0.5, 0.6) is 0 Å². The number of rotatable bonds is 3. The fourth-order valence-electron chi connectivity index (χ4n) is 3.75. The van der Waals surface area contributed by atoms with Gasteiger partial charge in [0.15, 0.2) is 0 Å². The molecule has 0 radical (unpaired) electrons. The summed E-state index contributed by atoms with van der Waals surface area (Å²) in [6.07, 6.45) is 1.73. The van der Waals surface area contributed by atoms with Gasteiger partial charge in [-0.05, 0) is 47.2 Å². The number of hydrogen-bond donors (Lipinski definition) is 1. The lowest BCUT2D eigenvalue weighted by Crippen LogP contribution is -2.31. The first-order valence-electron chi connectivity index (χ1n) is 8.44. The Hall–Kier alpha value is -2.17. The number of fused-ring (bicyclic) bond motifs is 2. The molecule has 1 heterocycles. The normalized spacial score (nSPS) is 21.4. The minimum Gasteiger partial charge on any atom is -0.367 e. The van der Waals surface area contributed by atoms with Gasteiger partial charge < -0.3 is 15.4 Å². The van der Waals surface area contributed by atoms with E-state index in [-0.39, 0.29) is 18.1 Å². The van der Waals surface area contributed by atoms with E-state index in [4.69, 9.17) is 10.5 Å². The summed E-state index contributed by atoms with van der Waals surface area (Å²) < 4.78 is 5.86. The van der Waals surface area contributed by atoms with Gasteiger partial charge in [-0.1, -0.05) is 30.3 Å². The van der Waals surface area contributed by atoms with E-state index in [1.165, 1.54) is 22.3 Å². The summed E-state index contributed by atoms with van der Waals surface area (Å²) in [7, 11) is 1.84. The summed E-state index contributed by atoms with van der Waals surface area (Å²) in [4.78, 5) is 14.5. The highest BCUT2D eigenvalue weighted by atomic mass is 16.5. The van der Waals surface area contributed by atoms with Crippen LogP contribution in [0.2, 0.25) is 0 Å². The molecule has 1 aliphatic carbocycles. The van der Waals surface area contributed by atoms with Crippen molar-refractivity contribution in [3.63, 3.8) is 0 Å². The Morgan fingerprint density at radius 2 is 1.96 bits per heavy atom. The quantitative estimate of drug-likeness (QED) is 0.944. The first-order chi connectivity index (χ1) is 11.6. The van der Waals surface area contributed by atoms with Gasteiger partial charge in [0.1, 0.15) is 6.10 Å². The molecule has 124 valence electrons. The molecule has 2 unspecified atom stereocenters. The van der Waals surface area contributed by atoms with E-state index in [1.807, 2.05) is 37.4 Å². The second-order valence-corrected chi connectivity index (χ2v) is 6.84. The van der Waals surface area contributed by atoms with Gasteiger partial charge in [-0.15, -0.1) is 0 Å². The molecule has 0 aromatic heterocycles. The molecule has 24 heavy (non-hydrogen) atoms. The number of nitrogens with two attached hydrogens (primary N) is 1. The lowest BCUT2D eigenvalue weighted by atomic mass is 10.0. The Balaban J connectivity index is 1.48. The zero-order valence-corrected chi connectivity index (χ0v) is 13.9. The number of hydrogen-bond acceptors (Lipinski definition) is 3. The van der Waals surface area contributed by atoms with Gasteiger partial charge in [-0.2, -0.15) is 0 Å². The van der Waals surface area contributed by atoms with Crippen LogP contribution in [-0.2, 0) is 24.2 Å². The number of ether oxygens (including phenoxy) is 1. The average molecular weight is 322 g/mol. The largest absolute Gasteiger partial charge is 0.367 e. The maximum absolute atomic E-state index is 12.8. The summed E-state index contributed by atoms with van der Waals surface area (Å²) in [6, 6.07) is 14.4. The van der Waals surface area contributed by atoms with Crippen LogP contribution in [-0.4, -0.2) is 30.4 Å². The molecule has 2 atom stereocenters. The molecular formula is C20H22N2O2. The molecule has 0 spiro atoms. The minimum atomic E-state index is -0.0435. The van der Waals surface area contributed by atoms with Crippen LogP contribution in [0.3, 0.4) is 0 Å². The van der Waals surface area contributed by atoms with Gasteiger partial charge >= 0.3 is 0 Å². The van der Waals surface area contributed by atoms with Crippen molar-refractivity contribution >= 4 is 5.91 Å². The molecule has 2 aliphatic rings. The van der Waals surface area contributed by atoms with Gasteiger partial charge in [0.2, 0.25) is 0 Å². The number of likely N-dealkylation sites (N-methyl/N-ethyl adjacent to an activating group) is 1. The van der Waals surface area contributed by atoms with Gasteiger partial charge in [0.25, 0.3) is 5.91 Å². The number of nitrogens with zero attached hydrogens (tertiary/aromatic N) is 1. The van der Waals surface area contributed by atoms with Gasteiger partial charge in [0, 0.05) is 18.7 Å². The van der Waals surface area contributed by atoms with Crippen molar-refractivity contribution in [1.82, 2.24) is 4.90 Å². The zero-order chi connectivity index (χ0) is 16.7. The van der Waals surface area contributed by atoms with E-state index in [0.717, 1.165) is 18.4 Å². The van der Waals surface area contributed by atoms with E-state index < -0.39 is 0 Å². The Bertz CT molecular complexity index is 787. The molecule has 0 bridgehead atoms. The molecular weight excluding hydrogens is 300 g/mol. The Morgan fingerprint density at radius 3 is 2.83 bits per heavy atom. The fourth-order valence-corrected chi connectivity index (χ4v) is 3.75. The van der Waals surface area contributed by atoms with Crippen molar-refractivity contribution < 1.29 is 9.53 Å². The van der Waals surface area contributed by atoms with Crippen LogP contribution >= 0.6 is 0 Å². The van der Waals surface area contributed by atoms with E-state index in [2.05, 4.69) is 12.1 Å². The van der Waals surface area contributed by atoms with E-state index in [0.29, 0.717) is 13.2 Å². The first-order valence-corrected chi connectivity index (χ1v) is 8.44. The van der Waals surface area contributed by atoms with Crippen LogP contribution in [0.1, 0.15) is 38.7 Å². The summed E-state index contributed by atoms with van der Waals surface area (Å²) in [5.74, 6) is 0.0336. The zero-order valence-electron chi connectivity index (χ0n) is 13.9. The van der Waals surface area contributed by atoms with Crippen LogP contribution < -0.4 is 5.73 Å². The molecule has 2 aromatic carbocycles. The average Bonchev–Trinajstić information content (AvgIpc) is 3.16. The van der Waals surface area contributed by atoms with Crippen molar-refractivity contribution in [1.29, 1.82) is 0 Å². The molecule has 1 aliphatic heterocycles. The van der Waals surface area contributed by atoms with Crippen molar-refractivity contribution in [2.75, 3.05) is 13.6 Å². The minimum absolute atomic E-state index is 0.0336. The Morgan fingerprint density at radius 1 is 1.17 bits per heavy atom. The standard InChI is InChI=1S/C20H22N2O2/c1-22(11-19-18-5-3-2-4-15(18)12-24-19)20(23)14-7-6-13-9-17(21)10-16(13)8-14/h2-8,17,19H,9-12,21H2,1H3. The molecule has 4 rings (SSSR count). The molecule has 4 nitrogen and oxygen atoms in total. The SMILES string of the molecule is CN(CC1OCc2ccccc21)C(=O)c1ccc2c(c1)CC(N)C2. The molecule has 2 N–H and O–H groups in total. The topological polar surface area (TPSA) is 55.6 Å². The summed E-state index contributed by atoms with van der Waals surface area (Å²) in [5, 5.41) is 0. The second-order valence-electron chi connectivity index (χ2n) is 6.84. The van der Waals surface area contributed by atoms with Crippen molar-refractivity contribution in [2.24, 2.45) is 5.73 Å². The monoisotopic (exact) mass is 322 g/mol. The second kappa shape index (κ2) is 6.04. The maximum atomic E-state index is 12.8. The van der Waals surface area contributed by atoms with E-state index in [9.17, 15) is 4.79 Å². The van der Waals surface area contributed by atoms with Crippen LogP contribution in [0, 0.1) is 0 Å². The van der Waals surface area contributed by atoms with Crippen molar-refractivity contribution in [3.8, 4) is 0 Å². The van der Waals surface area contributed by atoms with Gasteiger partial charge in [-0.3, -0.25) is 4.79 Å². The molecule has 1 amide bonds. The highest BCUT2D eigenvalue weighted by Crippen LogP contribution is 2.31. The number of benzene rings is 2. The lowest BCUT2D eigenvalue weighted by Gasteiger charge is -2.22. The molecule has 0 fully saturated rings. The highest BCUT2D eigenvalue weighted by molar-refractivity contribution is 5.94. The van der Waals surface area contributed by atoms with Gasteiger partial charge in [0.05, 0.1) is 13.2 Å². The molecule has 0 saturated carbocycles. The molecule has 0 saturated heterocycles. The third-order valence-electron chi connectivity index (χ3n) is 5.05. The highest BCUT2D eigenvalue weighted by Gasteiger charge is 2.26. The van der Waals surface area contributed by atoms with Crippen LogP contribution in [0.25, 0.3) is 0 Å². The fraction of sp³-hybridized carbons (Fsp3) is 0.350. The Kier molecular flexibility index (Phi) is 3.87. The predicted molar refractivity (Wildman–Crippen MR) is 92.8 cm³/mol.